The lowest BCUT2D eigenvalue weighted by atomic mass is 10.0. The number of carbonyl (C=O) groups excluding carboxylic acids is 1. The Kier molecular flexibility index (Phi) is 12.0. The van der Waals surface area contributed by atoms with E-state index in [2.05, 4.69) is 65.9 Å². The molecule has 0 heterocycles. The summed E-state index contributed by atoms with van der Waals surface area (Å²) in [7, 11) is 0. The van der Waals surface area contributed by atoms with Gasteiger partial charge < -0.3 is 14.8 Å². The van der Waals surface area contributed by atoms with Crippen LogP contribution in [0.25, 0.3) is 0 Å². The van der Waals surface area contributed by atoms with Gasteiger partial charge >= 0.3 is 0 Å². The highest BCUT2D eigenvalue weighted by molar-refractivity contribution is 5.75. The SMILES string of the molecule is CCCCCCC(=O)NCCCCc1ccc(OC(C)(C)CC)cc1OC(C)(C)CC. The average Bonchev–Trinajstić information content (AvgIpc) is 2.72. The van der Waals surface area contributed by atoms with Gasteiger partial charge in [0.25, 0.3) is 0 Å². The molecule has 0 unspecified atom stereocenters. The van der Waals surface area contributed by atoms with Gasteiger partial charge in [0, 0.05) is 19.0 Å². The van der Waals surface area contributed by atoms with E-state index >= 15 is 0 Å². The molecule has 4 nitrogen and oxygen atoms in total. The summed E-state index contributed by atoms with van der Waals surface area (Å²) in [6.07, 6.45) is 10.0. The maximum Gasteiger partial charge on any atom is 0.219 e. The van der Waals surface area contributed by atoms with E-state index in [9.17, 15) is 4.79 Å². The summed E-state index contributed by atoms with van der Waals surface area (Å²) in [5.41, 5.74) is 0.779. The van der Waals surface area contributed by atoms with E-state index in [1.807, 2.05) is 6.07 Å². The first kappa shape index (κ1) is 27.3. The number of hydrogen-bond acceptors (Lipinski definition) is 3. The monoisotopic (exact) mass is 433 g/mol. The van der Waals surface area contributed by atoms with Gasteiger partial charge in [-0.2, -0.15) is 0 Å². The molecular weight excluding hydrogens is 386 g/mol. The molecule has 0 saturated carbocycles. The van der Waals surface area contributed by atoms with E-state index in [1.54, 1.807) is 0 Å². The van der Waals surface area contributed by atoms with Crippen molar-refractivity contribution in [3.63, 3.8) is 0 Å². The molecule has 0 aromatic heterocycles. The van der Waals surface area contributed by atoms with Gasteiger partial charge in [0.05, 0.1) is 0 Å². The molecule has 31 heavy (non-hydrogen) atoms. The fraction of sp³-hybridized carbons (Fsp3) is 0.741. The van der Waals surface area contributed by atoms with Crippen LogP contribution in [0.5, 0.6) is 11.5 Å². The minimum absolute atomic E-state index is 0.185. The van der Waals surface area contributed by atoms with Crippen molar-refractivity contribution in [3.05, 3.63) is 23.8 Å². The molecule has 0 saturated heterocycles. The van der Waals surface area contributed by atoms with Crippen LogP contribution in [-0.2, 0) is 11.2 Å². The van der Waals surface area contributed by atoms with Gasteiger partial charge in [0.2, 0.25) is 5.91 Å². The Hall–Kier alpha value is -1.71. The van der Waals surface area contributed by atoms with Gasteiger partial charge in [-0.1, -0.05) is 46.1 Å². The van der Waals surface area contributed by atoms with Gasteiger partial charge in [-0.15, -0.1) is 0 Å². The summed E-state index contributed by atoms with van der Waals surface area (Å²) >= 11 is 0. The third-order valence-corrected chi connectivity index (χ3v) is 5.97. The van der Waals surface area contributed by atoms with Crippen LogP contribution in [0.1, 0.15) is 112 Å². The number of amides is 1. The molecule has 0 spiro atoms. The standard InChI is InChI=1S/C27H47NO3/c1-8-11-12-13-17-25(29)28-20-15-14-16-22-18-19-23(30-26(4,5)9-2)21-24(22)31-27(6,7)10-3/h18-19,21H,8-17,20H2,1-7H3,(H,28,29). The number of benzene rings is 1. The van der Waals surface area contributed by atoms with Crippen LogP contribution >= 0.6 is 0 Å². The Morgan fingerprint density at radius 3 is 2.19 bits per heavy atom. The van der Waals surface area contributed by atoms with Crippen LogP contribution in [-0.4, -0.2) is 23.7 Å². The van der Waals surface area contributed by atoms with Crippen molar-refractivity contribution in [2.75, 3.05) is 6.54 Å². The summed E-state index contributed by atoms with van der Waals surface area (Å²) in [6, 6.07) is 6.23. The molecule has 178 valence electrons. The minimum Gasteiger partial charge on any atom is -0.488 e. The highest BCUT2D eigenvalue weighted by Gasteiger charge is 2.21. The van der Waals surface area contributed by atoms with E-state index in [0.717, 1.165) is 63.0 Å². The van der Waals surface area contributed by atoms with Crippen molar-refractivity contribution in [1.82, 2.24) is 5.32 Å². The first-order chi connectivity index (χ1) is 14.6. The second kappa shape index (κ2) is 13.6. The zero-order chi connectivity index (χ0) is 23.3. The third-order valence-electron chi connectivity index (χ3n) is 5.97. The molecule has 1 rings (SSSR count). The van der Waals surface area contributed by atoms with Crippen LogP contribution in [0.2, 0.25) is 0 Å². The number of carbonyl (C=O) groups is 1. The largest absolute Gasteiger partial charge is 0.488 e. The predicted molar refractivity (Wildman–Crippen MR) is 131 cm³/mol. The van der Waals surface area contributed by atoms with Crippen LogP contribution in [0.15, 0.2) is 18.2 Å². The Morgan fingerprint density at radius 2 is 1.55 bits per heavy atom. The van der Waals surface area contributed by atoms with Gasteiger partial charge in [-0.3, -0.25) is 4.79 Å². The smallest absolute Gasteiger partial charge is 0.219 e. The molecule has 4 heteroatoms. The molecule has 0 radical (unpaired) electrons. The van der Waals surface area contributed by atoms with Gasteiger partial charge in [-0.05, 0) is 77.8 Å². The second-order valence-corrected chi connectivity index (χ2v) is 9.82. The topological polar surface area (TPSA) is 47.6 Å². The van der Waals surface area contributed by atoms with Crippen molar-refractivity contribution < 1.29 is 14.3 Å². The lowest BCUT2D eigenvalue weighted by Gasteiger charge is -2.29. The Balaban J connectivity index is 2.62. The maximum absolute atomic E-state index is 11.9. The maximum atomic E-state index is 11.9. The number of ether oxygens (including phenoxy) is 2. The van der Waals surface area contributed by atoms with E-state index < -0.39 is 0 Å². The summed E-state index contributed by atoms with van der Waals surface area (Å²) in [5.74, 6) is 1.95. The van der Waals surface area contributed by atoms with E-state index in [-0.39, 0.29) is 17.1 Å². The molecular formula is C27H47NO3. The van der Waals surface area contributed by atoms with Crippen molar-refractivity contribution in [2.45, 2.75) is 124 Å². The molecule has 0 bridgehead atoms. The molecule has 1 N–H and O–H groups in total. The quantitative estimate of drug-likeness (QED) is 0.280. The normalized spacial score (nSPS) is 12.0. The Labute approximate surface area is 191 Å². The number of aryl methyl sites for hydroxylation is 1. The third kappa shape index (κ3) is 11.5. The van der Waals surface area contributed by atoms with Crippen LogP contribution in [0, 0.1) is 0 Å². The minimum atomic E-state index is -0.223. The Morgan fingerprint density at radius 1 is 0.871 bits per heavy atom. The lowest BCUT2D eigenvalue weighted by Crippen LogP contribution is -2.28. The Bertz CT molecular complexity index is 652. The van der Waals surface area contributed by atoms with Gasteiger partial charge in [0.15, 0.2) is 0 Å². The zero-order valence-electron chi connectivity index (χ0n) is 21.2. The van der Waals surface area contributed by atoms with Gasteiger partial charge in [0.1, 0.15) is 22.7 Å². The highest BCUT2D eigenvalue weighted by atomic mass is 16.5. The molecule has 1 aromatic rings. The molecule has 0 atom stereocenters. The summed E-state index contributed by atoms with van der Waals surface area (Å²) < 4.78 is 12.6. The fourth-order valence-corrected chi connectivity index (χ4v) is 3.13. The molecule has 0 aliphatic heterocycles. The van der Waals surface area contributed by atoms with Crippen LogP contribution in [0.3, 0.4) is 0 Å². The van der Waals surface area contributed by atoms with Crippen LogP contribution in [0.4, 0.5) is 0 Å². The number of unbranched alkanes of at least 4 members (excludes halogenated alkanes) is 4. The average molecular weight is 434 g/mol. The number of hydrogen-bond donors (Lipinski definition) is 1. The van der Waals surface area contributed by atoms with Crippen molar-refractivity contribution in [1.29, 1.82) is 0 Å². The summed E-state index contributed by atoms with van der Waals surface area (Å²) in [5, 5.41) is 3.06. The first-order valence-corrected chi connectivity index (χ1v) is 12.4. The van der Waals surface area contributed by atoms with Crippen molar-refractivity contribution in [3.8, 4) is 11.5 Å². The predicted octanol–water partition coefficient (Wildman–Crippen LogP) is 7.23. The fourth-order valence-electron chi connectivity index (χ4n) is 3.13. The summed E-state index contributed by atoms with van der Waals surface area (Å²) in [4.78, 5) is 11.9. The van der Waals surface area contributed by atoms with Crippen LogP contribution < -0.4 is 14.8 Å². The molecule has 1 amide bonds. The number of rotatable bonds is 16. The van der Waals surface area contributed by atoms with E-state index in [0.29, 0.717) is 6.42 Å². The lowest BCUT2D eigenvalue weighted by molar-refractivity contribution is -0.121. The second-order valence-electron chi connectivity index (χ2n) is 9.82. The van der Waals surface area contributed by atoms with Gasteiger partial charge in [-0.25, -0.2) is 0 Å². The van der Waals surface area contributed by atoms with Crippen molar-refractivity contribution >= 4 is 5.91 Å². The molecule has 0 aliphatic carbocycles. The molecule has 0 aliphatic rings. The highest BCUT2D eigenvalue weighted by Crippen LogP contribution is 2.32. The summed E-state index contributed by atoms with van der Waals surface area (Å²) in [6.45, 7) is 15.7. The zero-order valence-corrected chi connectivity index (χ0v) is 21.2. The number of nitrogens with one attached hydrogen (secondary N) is 1. The van der Waals surface area contributed by atoms with Crippen molar-refractivity contribution in [2.24, 2.45) is 0 Å². The van der Waals surface area contributed by atoms with E-state index in [4.69, 9.17) is 9.47 Å². The first-order valence-electron chi connectivity index (χ1n) is 12.4. The molecule has 0 fully saturated rings. The van der Waals surface area contributed by atoms with E-state index in [1.165, 1.54) is 18.4 Å². The molecule has 1 aromatic carbocycles.